The summed E-state index contributed by atoms with van der Waals surface area (Å²) in [5, 5.41) is 5.31. The molecule has 0 aliphatic carbocycles. The van der Waals surface area contributed by atoms with Crippen LogP contribution in [0.3, 0.4) is 0 Å². The summed E-state index contributed by atoms with van der Waals surface area (Å²) in [5.41, 5.74) is 7.77. The van der Waals surface area contributed by atoms with Gasteiger partial charge in [-0.3, -0.25) is 0 Å². The lowest BCUT2D eigenvalue weighted by atomic mass is 10.1. The third kappa shape index (κ3) is 2.13. The third-order valence-corrected chi connectivity index (χ3v) is 6.90. The Bertz CT molecular complexity index is 1520. The van der Waals surface area contributed by atoms with Crippen LogP contribution >= 0.6 is 0 Å². The molecule has 0 atom stereocenters. The van der Waals surface area contributed by atoms with Crippen LogP contribution < -0.4 is 9.80 Å². The molecule has 4 aromatic carbocycles. The molecular weight excluding hydrogens is 378 g/mol. The lowest BCUT2D eigenvalue weighted by Gasteiger charge is -2.25. The van der Waals surface area contributed by atoms with Crippen LogP contribution in [0.15, 0.2) is 84.9 Å². The van der Waals surface area contributed by atoms with Gasteiger partial charge in [0.1, 0.15) is 0 Å². The van der Waals surface area contributed by atoms with E-state index in [9.17, 15) is 0 Å². The van der Waals surface area contributed by atoms with E-state index >= 15 is 0 Å². The second kappa shape index (κ2) is 5.92. The zero-order valence-electron chi connectivity index (χ0n) is 17.7. The summed E-state index contributed by atoms with van der Waals surface area (Å²) in [6, 6.07) is 31.6. The lowest BCUT2D eigenvalue weighted by Crippen LogP contribution is -2.33. The van der Waals surface area contributed by atoms with Gasteiger partial charge in [-0.2, -0.15) is 0 Å². The summed E-state index contributed by atoms with van der Waals surface area (Å²) in [6.45, 7) is 5.42. The van der Waals surface area contributed by atoms with Gasteiger partial charge in [-0.15, -0.1) is 0 Å². The fraction of sp³-hybridized carbons (Fsp3) is 0.143. The van der Waals surface area contributed by atoms with Crippen molar-refractivity contribution in [3.8, 4) is 0 Å². The highest BCUT2D eigenvalue weighted by Gasteiger charge is 2.29. The molecule has 1 aliphatic heterocycles. The monoisotopic (exact) mass is 401 g/mol. The van der Waals surface area contributed by atoms with Gasteiger partial charge >= 0.3 is 0 Å². The van der Waals surface area contributed by atoms with E-state index < -0.39 is 0 Å². The van der Waals surface area contributed by atoms with Crippen LogP contribution in [0.25, 0.3) is 38.1 Å². The molecule has 7 rings (SSSR count). The molecule has 3 nitrogen and oxygen atoms in total. The fourth-order valence-electron chi connectivity index (χ4n) is 5.49. The molecule has 0 N–H and O–H groups in total. The van der Waals surface area contributed by atoms with Crippen LogP contribution in [0.2, 0.25) is 0 Å². The second-order valence-electron chi connectivity index (χ2n) is 8.88. The van der Waals surface area contributed by atoms with Crippen molar-refractivity contribution in [3.05, 3.63) is 84.9 Å². The molecule has 6 aromatic rings. The molecule has 0 unspecified atom stereocenters. The molecule has 0 saturated carbocycles. The Balaban J connectivity index is 1.58. The SMILES string of the molecule is CC(C)N1CN(c2cc3c4ccccc4n4c5ccccc5c(c2)c34)c2ccccc21. The first-order valence-corrected chi connectivity index (χ1v) is 11.0. The van der Waals surface area contributed by atoms with E-state index in [1.165, 1.54) is 55.2 Å². The molecule has 3 heteroatoms. The molecule has 0 spiro atoms. The van der Waals surface area contributed by atoms with Crippen LogP contribution in [0.4, 0.5) is 17.1 Å². The first-order chi connectivity index (χ1) is 15.2. The molecule has 150 valence electrons. The maximum Gasteiger partial charge on any atom is 0.0955 e. The van der Waals surface area contributed by atoms with Crippen LogP contribution in [-0.2, 0) is 0 Å². The standard InChI is InChI=1S/C28H23N3/c1-18(2)29-17-30(27-14-8-7-13-26(27)29)19-15-22-20-9-3-5-11-24(20)31-25-12-6-4-10-21(25)23(16-19)28(22)31/h3-16,18H,17H2,1-2H3. The predicted molar refractivity (Wildman–Crippen MR) is 132 cm³/mol. The van der Waals surface area contributed by atoms with E-state index in [0.29, 0.717) is 6.04 Å². The Labute approximate surface area is 181 Å². The first-order valence-electron chi connectivity index (χ1n) is 11.0. The van der Waals surface area contributed by atoms with Crippen molar-refractivity contribution in [1.29, 1.82) is 0 Å². The Morgan fingerprint density at radius 2 is 1.19 bits per heavy atom. The summed E-state index contributed by atoms with van der Waals surface area (Å²) < 4.78 is 2.44. The van der Waals surface area contributed by atoms with Gasteiger partial charge in [0.15, 0.2) is 0 Å². The molecule has 0 amide bonds. The van der Waals surface area contributed by atoms with Crippen molar-refractivity contribution in [2.24, 2.45) is 0 Å². The number of nitrogens with zero attached hydrogens (tertiary/aromatic N) is 3. The van der Waals surface area contributed by atoms with Crippen molar-refractivity contribution >= 4 is 55.2 Å². The number of hydrogen-bond donors (Lipinski definition) is 0. The van der Waals surface area contributed by atoms with Crippen molar-refractivity contribution in [2.75, 3.05) is 16.5 Å². The van der Waals surface area contributed by atoms with Gasteiger partial charge in [0.05, 0.1) is 34.6 Å². The van der Waals surface area contributed by atoms with Gasteiger partial charge in [-0.05, 0) is 50.2 Å². The quantitative estimate of drug-likeness (QED) is 0.305. The van der Waals surface area contributed by atoms with E-state index in [0.717, 1.165) is 6.67 Å². The van der Waals surface area contributed by atoms with Crippen molar-refractivity contribution < 1.29 is 0 Å². The van der Waals surface area contributed by atoms with Crippen LogP contribution in [-0.4, -0.2) is 17.1 Å². The van der Waals surface area contributed by atoms with Gasteiger partial charge in [0.25, 0.3) is 0 Å². The smallest absolute Gasteiger partial charge is 0.0955 e. The number of fused-ring (bicyclic) bond motifs is 7. The van der Waals surface area contributed by atoms with Gasteiger partial charge in [0.2, 0.25) is 0 Å². The van der Waals surface area contributed by atoms with E-state index in [-0.39, 0.29) is 0 Å². The Hall–Kier alpha value is -3.72. The zero-order chi connectivity index (χ0) is 20.7. The normalized spacial score (nSPS) is 14.2. The van der Waals surface area contributed by atoms with Crippen LogP contribution in [0.5, 0.6) is 0 Å². The molecule has 0 bridgehead atoms. The number of para-hydroxylation sites is 4. The summed E-state index contributed by atoms with van der Waals surface area (Å²) in [6.07, 6.45) is 0. The summed E-state index contributed by atoms with van der Waals surface area (Å²) in [4.78, 5) is 4.95. The topological polar surface area (TPSA) is 10.9 Å². The van der Waals surface area contributed by atoms with E-state index in [2.05, 4.69) is 113 Å². The summed E-state index contributed by atoms with van der Waals surface area (Å²) in [7, 11) is 0. The van der Waals surface area contributed by atoms with Gasteiger partial charge in [0, 0.05) is 33.3 Å². The minimum Gasteiger partial charge on any atom is -0.349 e. The number of rotatable bonds is 2. The minimum absolute atomic E-state index is 0.452. The third-order valence-electron chi connectivity index (χ3n) is 6.90. The first kappa shape index (κ1) is 17.0. The molecule has 2 aromatic heterocycles. The maximum absolute atomic E-state index is 2.48. The number of anilines is 3. The van der Waals surface area contributed by atoms with Gasteiger partial charge in [-0.25, -0.2) is 0 Å². The van der Waals surface area contributed by atoms with Crippen molar-refractivity contribution in [1.82, 2.24) is 4.40 Å². The highest BCUT2D eigenvalue weighted by atomic mass is 15.4. The molecule has 0 radical (unpaired) electrons. The molecule has 0 fully saturated rings. The van der Waals surface area contributed by atoms with E-state index in [1.807, 2.05) is 0 Å². The second-order valence-corrected chi connectivity index (χ2v) is 8.88. The van der Waals surface area contributed by atoms with Gasteiger partial charge < -0.3 is 14.2 Å². The van der Waals surface area contributed by atoms with Crippen molar-refractivity contribution in [3.63, 3.8) is 0 Å². The highest BCUT2D eigenvalue weighted by Crippen LogP contribution is 2.46. The summed E-state index contributed by atoms with van der Waals surface area (Å²) in [5.74, 6) is 0. The lowest BCUT2D eigenvalue weighted by molar-refractivity contribution is 0.709. The molecule has 1 aliphatic rings. The predicted octanol–water partition coefficient (Wildman–Crippen LogP) is 7.16. The van der Waals surface area contributed by atoms with E-state index in [4.69, 9.17) is 0 Å². The Morgan fingerprint density at radius 1 is 0.645 bits per heavy atom. The van der Waals surface area contributed by atoms with Crippen LogP contribution in [0, 0.1) is 0 Å². The largest absolute Gasteiger partial charge is 0.349 e. The van der Waals surface area contributed by atoms with E-state index in [1.54, 1.807) is 0 Å². The molecule has 0 saturated heterocycles. The molecule has 3 heterocycles. The number of aromatic nitrogens is 1. The Kier molecular flexibility index (Phi) is 3.25. The summed E-state index contributed by atoms with van der Waals surface area (Å²) >= 11 is 0. The average Bonchev–Trinajstić information content (AvgIpc) is 3.45. The maximum atomic E-state index is 2.48. The van der Waals surface area contributed by atoms with Crippen molar-refractivity contribution in [2.45, 2.75) is 19.9 Å². The minimum atomic E-state index is 0.452. The fourth-order valence-corrected chi connectivity index (χ4v) is 5.49. The zero-order valence-corrected chi connectivity index (χ0v) is 17.7. The molecule has 31 heavy (non-hydrogen) atoms. The number of hydrogen-bond acceptors (Lipinski definition) is 2. The van der Waals surface area contributed by atoms with Gasteiger partial charge in [-0.1, -0.05) is 48.5 Å². The Morgan fingerprint density at radius 3 is 1.81 bits per heavy atom. The molecular formula is C28H23N3. The number of benzene rings is 4. The van der Waals surface area contributed by atoms with Crippen LogP contribution in [0.1, 0.15) is 13.8 Å². The average molecular weight is 402 g/mol. The highest BCUT2D eigenvalue weighted by molar-refractivity contribution is 6.24.